The highest BCUT2D eigenvalue weighted by molar-refractivity contribution is 9.10. The lowest BCUT2D eigenvalue weighted by molar-refractivity contribution is -0.137. The van der Waals surface area contributed by atoms with E-state index in [9.17, 15) is 22.8 Å². The number of alkyl halides is 3. The second kappa shape index (κ2) is 8.41. The first kappa shape index (κ1) is 22.9. The number of fused-ring (bicyclic) bond motifs is 1. The lowest BCUT2D eigenvalue weighted by Crippen LogP contribution is -2.37. The minimum Gasteiger partial charge on any atom is -0.273 e. The second-order valence-electron chi connectivity index (χ2n) is 7.91. The number of carbonyl (C=O) groups excluding carboxylic acids is 2. The van der Waals surface area contributed by atoms with Gasteiger partial charge >= 0.3 is 6.18 Å². The predicted octanol–water partition coefficient (Wildman–Crippen LogP) is 6.17. The van der Waals surface area contributed by atoms with Crippen molar-refractivity contribution >= 4 is 50.7 Å². The molecule has 0 radical (unpaired) electrons. The van der Waals surface area contributed by atoms with E-state index < -0.39 is 41.6 Å². The Balaban J connectivity index is 1.57. The van der Waals surface area contributed by atoms with Crippen LogP contribution in [0.4, 0.5) is 24.5 Å². The molecule has 2 fully saturated rings. The molecule has 2 aliphatic heterocycles. The van der Waals surface area contributed by atoms with Gasteiger partial charge in [0.2, 0.25) is 5.91 Å². The van der Waals surface area contributed by atoms with Gasteiger partial charge in [-0.1, -0.05) is 51.8 Å². The summed E-state index contributed by atoms with van der Waals surface area (Å²) in [4.78, 5) is 33.6. The molecular formula is C24H15BrClF3N2O3. The van der Waals surface area contributed by atoms with Crippen molar-refractivity contribution in [2.45, 2.75) is 18.3 Å². The molecule has 0 N–H and O–H groups in total. The van der Waals surface area contributed by atoms with Gasteiger partial charge in [0.1, 0.15) is 5.92 Å². The zero-order valence-electron chi connectivity index (χ0n) is 17.2. The van der Waals surface area contributed by atoms with E-state index in [0.29, 0.717) is 16.3 Å². The van der Waals surface area contributed by atoms with E-state index >= 15 is 0 Å². The minimum atomic E-state index is -4.61. The fourth-order valence-electron chi connectivity index (χ4n) is 4.33. The molecule has 0 bridgehead atoms. The number of amides is 2. The maximum Gasteiger partial charge on any atom is 0.416 e. The summed E-state index contributed by atoms with van der Waals surface area (Å²) in [5, 5.41) is 2.00. The van der Waals surface area contributed by atoms with Crippen molar-refractivity contribution in [3.8, 4) is 0 Å². The molecular weight excluding hydrogens is 537 g/mol. The first-order valence-electron chi connectivity index (χ1n) is 10.2. The van der Waals surface area contributed by atoms with E-state index in [0.717, 1.165) is 27.6 Å². The third-order valence-corrected chi connectivity index (χ3v) is 6.57. The number of halogens is 5. The Bertz CT molecular complexity index is 1280. The lowest BCUT2D eigenvalue weighted by atomic mass is 9.90. The van der Waals surface area contributed by atoms with Crippen LogP contribution in [0.2, 0.25) is 5.02 Å². The van der Waals surface area contributed by atoms with Crippen LogP contribution in [0, 0.1) is 5.92 Å². The summed E-state index contributed by atoms with van der Waals surface area (Å²) in [6.45, 7) is 0. The van der Waals surface area contributed by atoms with Crippen molar-refractivity contribution < 1.29 is 27.6 Å². The third-order valence-electron chi connectivity index (χ3n) is 5.82. The summed E-state index contributed by atoms with van der Waals surface area (Å²) in [6.07, 6.45) is -5.81. The summed E-state index contributed by atoms with van der Waals surface area (Å²) < 4.78 is 40.5. The summed E-state index contributed by atoms with van der Waals surface area (Å²) in [5.74, 6) is -2.32. The van der Waals surface area contributed by atoms with Crippen molar-refractivity contribution in [3.05, 3.63) is 93.4 Å². The summed E-state index contributed by atoms with van der Waals surface area (Å²) in [6, 6.07) is 17.4. The Morgan fingerprint density at radius 2 is 1.56 bits per heavy atom. The van der Waals surface area contributed by atoms with Crippen LogP contribution in [0.3, 0.4) is 0 Å². The van der Waals surface area contributed by atoms with Gasteiger partial charge in [0.15, 0.2) is 6.10 Å². The number of hydrogen-bond donors (Lipinski definition) is 0. The van der Waals surface area contributed by atoms with E-state index in [1.807, 2.05) is 6.07 Å². The minimum absolute atomic E-state index is 0.147. The largest absolute Gasteiger partial charge is 0.416 e. The molecule has 3 aromatic carbocycles. The first-order chi connectivity index (χ1) is 16.1. The molecule has 5 rings (SSSR count). The Morgan fingerprint density at radius 3 is 2.24 bits per heavy atom. The number of hydrogen-bond acceptors (Lipinski definition) is 4. The number of hydroxylamine groups is 1. The molecule has 3 atom stereocenters. The molecule has 2 saturated heterocycles. The van der Waals surface area contributed by atoms with Gasteiger partial charge < -0.3 is 0 Å². The molecule has 2 amide bonds. The molecule has 5 nitrogen and oxygen atoms in total. The quantitative estimate of drug-likeness (QED) is 0.365. The molecule has 0 aromatic heterocycles. The number of carbonyl (C=O) groups is 2. The van der Waals surface area contributed by atoms with Crippen LogP contribution in [0.15, 0.2) is 77.3 Å². The molecule has 0 spiro atoms. The van der Waals surface area contributed by atoms with Gasteiger partial charge in [-0.3, -0.25) is 14.4 Å². The highest BCUT2D eigenvalue weighted by Crippen LogP contribution is 2.48. The topological polar surface area (TPSA) is 49.9 Å². The molecule has 34 heavy (non-hydrogen) atoms. The van der Waals surface area contributed by atoms with Crippen LogP contribution in [-0.2, 0) is 20.6 Å². The summed E-state index contributed by atoms with van der Waals surface area (Å²) in [7, 11) is 0. The number of benzene rings is 3. The fourth-order valence-corrected chi connectivity index (χ4v) is 4.84. The molecule has 2 aliphatic rings. The molecule has 0 aliphatic carbocycles. The number of nitrogens with zero attached hydrogens (tertiary/aromatic N) is 2. The van der Waals surface area contributed by atoms with Crippen molar-refractivity contribution in [1.29, 1.82) is 0 Å². The zero-order chi connectivity index (χ0) is 24.2. The summed E-state index contributed by atoms with van der Waals surface area (Å²) in [5.41, 5.74) is 0.180. The van der Waals surface area contributed by atoms with Crippen LogP contribution < -0.4 is 9.96 Å². The maximum absolute atomic E-state index is 13.5. The first-order valence-corrected chi connectivity index (χ1v) is 11.3. The van der Waals surface area contributed by atoms with E-state index in [1.54, 1.807) is 42.5 Å². The zero-order valence-corrected chi connectivity index (χ0v) is 19.5. The van der Waals surface area contributed by atoms with Gasteiger partial charge in [-0.05, 0) is 54.1 Å². The Morgan fingerprint density at radius 1 is 0.882 bits per heavy atom. The number of rotatable bonds is 3. The van der Waals surface area contributed by atoms with Gasteiger partial charge in [-0.15, -0.1) is 0 Å². The summed E-state index contributed by atoms with van der Waals surface area (Å²) >= 11 is 9.45. The van der Waals surface area contributed by atoms with Crippen molar-refractivity contribution in [2.24, 2.45) is 5.92 Å². The fraction of sp³-hybridized carbons (Fsp3) is 0.167. The van der Waals surface area contributed by atoms with Crippen molar-refractivity contribution in [1.82, 2.24) is 0 Å². The van der Waals surface area contributed by atoms with Gasteiger partial charge in [0.25, 0.3) is 5.91 Å². The van der Waals surface area contributed by atoms with Crippen LogP contribution in [0.1, 0.15) is 17.2 Å². The Labute approximate surface area is 205 Å². The second-order valence-corrected chi connectivity index (χ2v) is 9.27. The van der Waals surface area contributed by atoms with Crippen LogP contribution in [-0.4, -0.2) is 17.9 Å². The number of imide groups is 1. The van der Waals surface area contributed by atoms with Crippen molar-refractivity contribution in [3.63, 3.8) is 0 Å². The van der Waals surface area contributed by atoms with Gasteiger partial charge in [0, 0.05) is 9.50 Å². The SMILES string of the molecule is O=C1[C@@H]2[C@H](ON(c3cccc(Br)c3)[C@@H]2c2ccc(Cl)cc2)C(=O)N1c1cccc(C(F)(F)F)c1. The van der Waals surface area contributed by atoms with Crippen molar-refractivity contribution in [2.75, 3.05) is 9.96 Å². The molecule has 174 valence electrons. The van der Waals surface area contributed by atoms with E-state index in [-0.39, 0.29) is 5.69 Å². The Hall–Kier alpha value is -2.88. The normalized spacial score (nSPS) is 22.4. The maximum atomic E-state index is 13.5. The molecule has 0 unspecified atom stereocenters. The van der Waals surface area contributed by atoms with Crippen LogP contribution >= 0.6 is 27.5 Å². The van der Waals surface area contributed by atoms with Gasteiger partial charge in [-0.25, -0.2) is 9.96 Å². The van der Waals surface area contributed by atoms with Gasteiger partial charge in [0.05, 0.1) is 23.0 Å². The van der Waals surface area contributed by atoms with E-state index in [1.165, 1.54) is 11.1 Å². The molecule has 0 saturated carbocycles. The lowest BCUT2D eigenvalue weighted by Gasteiger charge is -2.29. The van der Waals surface area contributed by atoms with Crippen LogP contribution in [0.25, 0.3) is 0 Å². The predicted molar refractivity (Wildman–Crippen MR) is 123 cm³/mol. The molecule has 2 heterocycles. The van der Waals surface area contributed by atoms with E-state index in [2.05, 4.69) is 15.9 Å². The average molecular weight is 552 g/mol. The highest BCUT2D eigenvalue weighted by Gasteiger charge is 2.60. The monoisotopic (exact) mass is 550 g/mol. The standard InChI is InChI=1S/C24H15BrClF3N2O3/c25-15-4-2-6-18(12-15)31-20(13-7-9-16(26)10-8-13)19-21(34-31)23(33)30(22(19)32)17-5-1-3-14(11-17)24(27,28)29/h1-12,19-21H/t19-,20+,21-/m0/s1. The molecule has 3 aromatic rings. The van der Waals surface area contributed by atoms with E-state index in [4.69, 9.17) is 16.4 Å². The highest BCUT2D eigenvalue weighted by atomic mass is 79.9. The van der Waals surface area contributed by atoms with Gasteiger partial charge in [-0.2, -0.15) is 13.2 Å². The Kier molecular flexibility index (Phi) is 5.66. The van der Waals surface area contributed by atoms with Crippen LogP contribution in [0.5, 0.6) is 0 Å². The average Bonchev–Trinajstić information content (AvgIpc) is 3.30. The third kappa shape index (κ3) is 3.87. The molecule has 10 heteroatoms. The number of anilines is 2. The smallest absolute Gasteiger partial charge is 0.273 e.